The summed E-state index contributed by atoms with van der Waals surface area (Å²) in [5, 5.41) is 20.3. The van der Waals surface area contributed by atoms with Crippen LogP contribution >= 0.6 is 0 Å². The highest BCUT2D eigenvalue weighted by molar-refractivity contribution is 7.89. The van der Waals surface area contributed by atoms with Crippen LogP contribution in [-0.4, -0.2) is 30.0 Å². The summed E-state index contributed by atoms with van der Waals surface area (Å²) >= 11 is 0. The Labute approximate surface area is 157 Å². The lowest BCUT2D eigenvalue weighted by atomic mass is 10.3. The Morgan fingerprint density at radius 2 is 1.71 bits per heavy atom. The lowest BCUT2D eigenvalue weighted by Crippen LogP contribution is -2.22. The first-order valence-electron chi connectivity index (χ1n) is 7.66. The second kappa shape index (κ2) is 7.35. The third-order valence-corrected chi connectivity index (χ3v) is 4.50. The molecule has 1 heterocycles. The molecule has 0 aliphatic rings. The molecule has 1 amide bonds. The molecular formula is C16H13N7O4S. The molecule has 12 heteroatoms. The van der Waals surface area contributed by atoms with Gasteiger partial charge in [-0.25, -0.2) is 18.4 Å². The van der Waals surface area contributed by atoms with Gasteiger partial charge >= 0.3 is 5.69 Å². The Balaban J connectivity index is 1.73. The zero-order valence-electron chi connectivity index (χ0n) is 14.1. The number of nitrogens with one attached hydrogen (secondary N) is 4. The minimum atomic E-state index is -3.85. The largest absolute Gasteiger partial charge is 0.323 e. The van der Waals surface area contributed by atoms with Gasteiger partial charge in [0.25, 0.3) is 5.91 Å². The van der Waals surface area contributed by atoms with Crippen molar-refractivity contribution in [3.8, 4) is 6.07 Å². The standard InChI is InChI=1S/C16H13N7O4S/c17-8-14(15(24)19-9-1-4-11(5-2-9)28(18,26)27)23-22-10-3-6-12-13(7-10)21-16(25)20-12/h1-7,22H,(H,19,24)(H2,18,26,27)(H2,20,21,25)/b23-14+. The predicted molar refractivity (Wildman–Crippen MR) is 102 cm³/mol. The van der Waals surface area contributed by atoms with Crippen molar-refractivity contribution in [3.63, 3.8) is 0 Å². The zero-order chi connectivity index (χ0) is 20.3. The van der Waals surface area contributed by atoms with Gasteiger partial charge < -0.3 is 15.3 Å². The van der Waals surface area contributed by atoms with E-state index in [1.165, 1.54) is 24.3 Å². The fraction of sp³-hybridized carbons (Fsp3) is 0. The molecule has 142 valence electrons. The van der Waals surface area contributed by atoms with Gasteiger partial charge in [0.2, 0.25) is 15.7 Å². The van der Waals surface area contributed by atoms with Crippen LogP contribution in [0.1, 0.15) is 0 Å². The second-order valence-electron chi connectivity index (χ2n) is 5.55. The second-order valence-corrected chi connectivity index (χ2v) is 7.11. The minimum Gasteiger partial charge on any atom is -0.320 e. The maximum absolute atomic E-state index is 12.2. The van der Waals surface area contributed by atoms with E-state index in [1.807, 2.05) is 0 Å². The number of hydrogen-bond donors (Lipinski definition) is 5. The van der Waals surface area contributed by atoms with Crippen molar-refractivity contribution in [2.24, 2.45) is 10.2 Å². The number of nitrogens with zero attached hydrogens (tertiary/aromatic N) is 2. The third kappa shape index (κ3) is 4.23. The number of imidazole rings is 1. The van der Waals surface area contributed by atoms with E-state index in [9.17, 15) is 18.0 Å². The Morgan fingerprint density at radius 1 is 1.07 bits per heavy atom. The summed E-state index contributed by atoms with van der Waals surface area (Å²) in [5.74, 6) is -0.797. The molecular weight excluding hydrogens is 386 g/mol. The summed E-state index contributed by atoms with van der Waals surface area (Å²) in [7, 11) is -3.85. The molecule has 0 bridgehead atoms. The van der Waals surface area contributed by atoms with Crippen molar-refractivity contribution in [2.45, 2.75) is 4.90 Å². The summed E-state index contributed by atoms with van der Waals surface area (Å²) in [4.78, 5) is 28.5. The zero-order valence-corrected chi connectivity index (χ0v) is 14.9. The molecule has 0 aliphatic carbocycles. The molecule has 0 saturated heterocycles. The maximum atomic E-state index is 12.2. The van der Waals surface area contributed by atoms with Gasteiger partial charge in [0, 0.05) is 5.69 Å². The minimum absolute atomic E-state index is 0.112. The van der Waals surface area contributed by atoms with E-state index in [0.717, 1.165) is 0 Å². The molecule has 3 aromatic rings. The molecule has 0 saturated carbocycles. The number of primary sulfonamides is 1. The highest BCUT2D eigenvalue weighted by atomic mass is 32.2. The Morgan fingerprint density at radius 3 is 2.36 bits per heavy atom. The summed E-state index contributed by atoms with van der Waals surface area (Å²) in [6.45, 7) is 0. The number of sulfonamides is 1. The molecule has 6 N–H and O–H groups in total. The number of benzene rings is 2. The van der Waals surface area contributed by atoms with Crippen molar-refractivity contribution >= 4 is 44.1 Å². The number of hydrazone groups is 1. The number of carbonyl (C=O) groups is 1. The number of hydrogen-bond acceptors (Lipinski definition) is 7. The van der Waals surface area contributed by atoms with Crippen LogP contribution in [0.15, 0.2) is 57.3 Å². The van der Waals surface area contributed by atoms with Crippen LogP contribution in [-0.2, 0) is 14.8 Å². The number of fused-ring (bicyclic) bond motifs is 1. The van der Waals surface area contributed by atoms with Crippen molar-refractivity contribution in [1.29, 1.82) is 5.26 Å². The first kappa shape index (κ1) is 18.8. The summed E-state index contributed by atoms with van der Waals surface area (Å²) < 4.78 is 22.4. The predicted octanol–water partition coefficient (Wildman–Crippen LogP) is 0.434. The third-order valence-electron chi connectivity index (χ3n) is 3.57. The number of aromatic nitrogens is 2. The van der Waals surface area contributed by atoms with E-state index in [4.69, 9.17) is 10.4 Å². The molecule has 1 aromatic heterocycles. The molecule has 2 aromatic carbocycles. The van der Waals surface area contributed by atoms with E-state index in [1.54, 1.807) is 24.3 Å². The fourth-order valence-electron chi connectivity index (χ4n) is 2.27. The Kier molecular flexibility index (Phi) is 4.94. The topological polar surface area (TPSA) is 186 Å². The van der Waals surface area contributed by atoms with Crippen molar-refractivity contribution in [1.82, 2.24) is 9.97 Å². The van der Waals surface area contributed by atoms with Gasteiger partial charge in [-0.3, -0.25) is 10.2 Å². The number of nitriles is 1. The molecule has 0 aliphatic heterocycles. The fourth-order valence-corrected chi connectivity index (χ4v) is 2.78. The number of anilines is 2. The number of nitrogens with two attached hydrogens (primary N) is 1. The Bertz CT molecular complexity index is 1280. The van der Waals surface area contributed by atoms with Crippen LogP contribution < -0.4 is 21.6 Å². The molecule has 3 rings (SSSR count). The van der Waals surface area contributed by atoms with Gasteiger partial charge in [-0.1, -0.05) is 0 Å². The van der Waals surface area contributed by atoms with E-state index < -0.39 is 21.6 Å². The maximum Gasteiger partial charge on any atom is 0.323 e. The lowest BCUT2D eigenvalue weighted by molar-refractivity contribution is -0.110. The van der Waals surface area contributed by atoms with Gasteiger partial charge in [0.1, 0.15) is 6.07 Å². The van der Waals surface area contributed by atoms with Crippen molar-refractivity contribution in [2.75, 3.05) is 10.7 Å². The average Bonchev–Trinajstić information content (AvgIpc) is 3.01. The summed E-state index contributed by atoms with van der Waals surface area (Å²) in [5.41, 5.74) is 3.58. The summed E-state index contributed by atoms with van der Waals surface area (Å²) in [6, 6.07) is 11.6. The monoisotopic (exact) mass is 399 g/mol. The Hall–Kier alpha value is -3.95. The number of H-pyrrole nitrogens is 2. The van der Waals surface area contributed by atoms with Crippen LogP contribution in [0.2, 0.25) is 0 Å². The molecule has 0 atom stereocenters. The van der Waals surface area contributed by atoms with E-state index in [0.29, 0.717) is 16.7 Å². The van der Waals surface area contributed by atoms with E-state index in [-0.39, 0.29) is 16.3 Å². The highest BCUT2D eigenvalue weighted by Gasteiger charge is 2.13. The first-order valence-corrected chi connectivity index (χ1v) is 9.21. The van der Waals surface area contributed by atoms with E-state index in [2.05, 4.69) is 25.8 Å². The van der Waals surface area contributed by atoms with Gasteiger partial charge in [-0.15, -0.1) is 0 Å². The van der Waals surface area contributed by atoms with Crippen LogP contribution in [0, 0.1) is 11.3 Å². The van der Waals surface area contributed by atoms with E-state index >= 15 is 0 Å². The molecule has 0 fully saturated rings. The van der Waals surface area contributed by atoms with Crippen LogP contribution in [0.5, 0.6) is 0 Å². The lowest BCUT2D eigenvalue weighted by Gasteiger charge is -2.05. The van der Waals surface area contributed by atoms with Gasteiger partial charge in [-0.05, 0) is 42.5 Å². The van der Waals surface area contributed by atoms with Crippen LogP contribution in [0.4, 0.5) is 11.4 Å². The molecule has 11 nitrogen and oxygen atoms in total. The number of amides is 1. The SMILES string of the molecule is N#C/C(=N\Nc1ccc2[nH]c(=O)[nH]c2c1)C(=O)Nc1ccc(S(N)(=O)=O)cc1. The van der Waals surface area contributed by atoms with Gasteiger partial charge in [-0.2, -0.15) is 10.4 Å². The van der Waals surface area contributed by atoms with Crippen LogP contribution in [0.25, 0.3) is 11.0 Å². The number of aromatic amines is 2. The number of rotatable bonds is 5. The average molecular weight is 399 g/mol. The number of carbonyl (C=O) groups excluding carboxylic acids is 1. The van der Waals surface area contributed by atoms with Gasteiger partial charge in [0.15, 0.2) is 0 Å². The first-order chi connectivity index (χ1) is 13.3. The molecule has 0 unspecified atom stereocenters. The van der Waals surface area contributed by atoms with Crippen molar-refractivity contribution < 1.29 is 13.2 Å². The highest BCUT2D eigenvalue weighted by Crippen LogP contribution is 2.15. The molecule has 0 spiro atoms. The molecule has 0 radical (unpaired) electrons. The summed E-state index contributed by atoms with van der Waals surface area (Å²) in [6.07, 6.45) is 0. The normalized spacial score (nSPS) is 11.8. The quantitative estimate of drug-likeness (QED) is 0.306. The molecule has 28 heavy (non-hydrogen) atoms. The smallest absolute Gasteiger partial charge is 0.320 e. The van der Waals surface area contributed by atoms with Crippen molar-refractivity contribution in [3.05, 3.63) is 52.9 Å². The van der Waals surface area contributed by atoms with Gasteiger partial charge in [0.05, 0.1) is 21.6 Å². The van der Waals surface area contributed by atoms with Crippen LogP contribution in [0.3, 0.4) is 0 Å².